The molecule has 2 aromatic rings. The van der Waals surface area contributed by atoms with E-state index in [4.69, 9.17) is 0 Å². The van der Waals surface area contributed by atoms with Gasteiger partial charge in [-0.25, -0.2) is 4.68 Å². The van der Waals surface area contributed by atoms with Crippen LogP contribution in [0.2, 0.25) is 0 Å². The maximum absolute atomic E-state index is 10.9. The van der Waals surface area contributed by atoms with Crippen LogP contribution in [0.4, 0.5) is 11.5 Å². The summed E-state index contributed by atoms with van der Waals surface area (Å²) in [7, 11) is 1.64. The maximum Gasteiger partial charge on any atom is 0.345 e. The molecule has 2 rings (SSSR count). The number of anilines is 1. The molecule has 6 nitrogen and oxygen atoms in total. The van der Waals surface area contributed by atoms with Gasteiger partial charge in [0, 0.05) is 7.05 Å². The van der Waals surface area contributed by atoms with Gasteiger partial charge in [-0.2, -0.15) is 5.10 Å². The van der Waals surface area contributed by atoms with Crippen LogP contribution < -0.4 is 5.32 Å². The van der Waals surface area contributed by atoms with Gasteiger partial charge in [0.05, 0.1) is 11.5 Å². The quantitative estimate of drug-likeness (QED) is 0.696. The van der Waals surface area contributed by atoms with E-state index in [0.29, 0.717) is 12.4 Å². The lowest BCUT2D eigenvalue weighted by Crippen LogP contribution is -2.06. The lowest BCUT2D eigenvalue weighted by Gasteiger charge is -2.05. The van der Waals surface area contributed by atoms with Gasteiger partial charge in [0.25, 0.3) is 0 Å². The van der Waals surface area contributed by atoms with Crippen LogP contribution in [-0.2, 0) is 6.54 Å². The first-order valence-electron chi connectivity index (χ1n) is 5.26. The Balaban J connectivity index is 2.40. The van der Waals surface area contributed by atoms with Crippen LogP contribution in [0, 0.1) is 10.1 Å². The zero-order valence-electron chi connectivity index (χ0n) is 9.63. The molecule has 0 spiro atoms. The average Bonchev–Trinajstić information content (AvgIpc) is 2.66. The molecule has 0 saturated carbocycles. The Morgan fingerprint density at radius 1 is 1.44 bits per heavy atom. The van der Waals surface area contributed by atoms with Crippen LogP contribution in [0.25, 0.3) is 0 Å². The molecule has 1 N–H and O–H groups in total. The molecule has 0 unspecified atom stereocenters. The number of nitrogens with one attached hydrogen (secondary N) is 1. The summed E-state index contributed by atoms with van der Waals surface area (Å²) in [6.45, 7) is 0.476. The fourth-order valence-corrected chi connectivity index (χ4v) is 2.23. The van der Waals surface area contributed by atoms with Gasteiger partial charge in [0.15, 0.2) is 0 Å². The van der Waals surface area contributed by atoms with E-state index in [2.05, 4.69) is 26.3 Å². The topological polar surface area (TPSA) is 73.0 Å². The van der Waals surface area contributed by atoms with E-state index in [1.54, 1.807) is 11.7 Å². The van der Waals surface area contributed by atoms with Crippen LogP contribution in [0.15, 0.2) is 34.9 Å². The molecule has 0 aliphatic heterocycles. The second-order valence-corrected chi connectivity index (χ2v) is 4.39. The molecule has 94 valence electrons. The van der Waals surface area contributed by atoms with E-state index in [1.165, 1.54) is 0 Å². The van der Waals surface area contributed by atoms with Crippen molar-refractivity contribution in [2.75, 3.05) is 12.4 Å². The summed E-state index contributed by atoms with van der Waals surface area (Å²) >= 11 is 3.11. The summed E-state index contributed by atoms with van der Waals surface area (Å²) in [4.78, 5) is 10.5. The van der Waals surface area contributed by atoms with Crippen molar-refractivity contribution in [3.8, 4) is 0 Å². The molecule has 7 heteroatoms. The van der Waals surface area contributed by atoms with E-state index in [1.807, 2.05) is 30.3 Å². The fraction of sp³-hybridized carbons (Fsp3) is 0.182. The summed E-state index contributed by atoms with van der Waals surface area (Å²) in [5.74, 6) is 0.385. The molecule has 1 aromatic carbocycles. The van der Waals surface area contributed by atoms with Crippen molar-refractivity contribution >= 4 is 27.4 Å². The highest BCUT2D eigenvalue weighted by atomic mass is 79.9. The van der Waals surface area contributed by atoms with Crippen molar-refractivity contribution in [2.45, 2.75) is 6.54 Å². The minimum atomic E-state index is -0.454. The van der Waals surface area contributed by atoms with Gasteiger partial charge in [0.2, 0.25) is 10.4 Å². The van der Waals surface area contributed by atoms with Gasteiger partial charge >= 0.3 is 5.69 Å². The monoisotopic (exact) mass is 310 g/mol. The predicted octanol–water partition coefficient (Wildman–Crippen LogP) is 2.64. The number of hydrogen-bond donors (Lipinski definition) is 1. The van der Waals surface area contributed by atoms with Crippen LogP contribution in [0.3, 0.4) is 0 Å². The Labute approximate surface area is 112 Å². The molecular formula is C11H11BrN4O2. The smallest absolute Gasteiger partial charge is 0.345 e. The Morgan fingerprint density at radius 3 is 2.67 bits per heavy atom. The first-order valence-corrected chi connectivity index (χ1v) is 6.05. The van der Waals surface area contributed by atoms with Crippen LogP contribution >= 0.6 is 15.9 Å². The second-order valence-electron chi connectivity index (χ2n) is 3.64. The molecule has 0 fully saturated rings. The Bertz CT molecular complexity index is 568. The normalized spacial score (nSPS) is 10.3. The lowest BCUT2D eigenvalue weighted by atomic mass is 10.2. The first kappa shape index (κ1) is 12.6. The number of rotatable bonds is 4. The fourth-order valence-electron chi connectivity index (χ4n) is 1.70. The van der Waals surface area contributed by atoms with E-state index in [9.17, 15) is 10.1 Å². The zero-order chi connectivity index (χ0) is 13.1. The number of halogens is 1. The molecule has 0 saturated heterocycles. The van der Waals surface area contributed by atoms with E-state index >= 15 is 0 Å². The lowest BCUT2D eigenvalue weighted by molar-refractivity contribution is -0.384. The van der Waals surface area contributed by atoms with Crippen LogP contribution in [0.1, 0.15) is 5.56 Å². The van der Waals surface area contributed by atoms with Crippen molar-refractivity contribution in [3.05, 3.63) is 50.6 Å². The van der Waals surface area contributed by atoms with Crippen molar-refractivity contribution in [1.29, 1.82) is 0 Å². The van der Waals surface area contributed by atoms with Crippen LogP contribution in [0.5, 0.6) is 0 Å². The molecule has 0 aliphatic carbocycles. The molecule has 18 heavy (non-hydrogen) atoms. The highest BCUT2D eigenvalue weighted by Gasteiger charge is 2.25. The third-order valence-electron chi connectivity index (χ3n) is 2.48. The number of nitro groups is 1. The van der Waals surface area contributed by atoms with Gasteiger partial charge in [-0.15, -0.1) is 0 Å². The average molecular weight is 311 g/mol. The summed E-state index contributed by atoms with van der Waals surface area (Å²) in [5.41, 5.74) is 0.979. The molecule has 0 radical (unpaired) electrons. The van der Waals surface area contributed by atoms with Crippen molar-refractivity contribution in [2.24, 2.45) is 0 Å². The van der Waals surface area contributed by atoms with Crippen LogP contribution in [-0.4, -0.2) is 21.8 Å². The zero-order valence-corrected chi connectivity index (χ0v) is 11.2. The highest BCUT2D eigenvalue weighted by molar-refractivity contribution is 9.10. The Morgan fingerprint density at radius 2 is 2.11 bits per heavy atom. The van der Waals surface area contributed by atoms with E-state index in [0.717, 1.165) is 5.56 Å². The SMILES string of the molecule is CNc1c([N+](=O)[O-])c(Br)nn1Cc1ccccc1. The standard InChI is InChI=1S/C11H11BrN4O2/c1-13-11-9(16(17)18)10(12)14-15(11)7-8-5-3-2-4-6-8/h2-6,13H,7H2,1H3. The van der Waals surface area contributed by atoms with E-state index in [-0.39, 0.29) is 10.3 Å². The summed E-state index contributed by atoms with van der Waals surface area (Å²) < 4.78 is 1.80. The summed E-state index contributed by atoms with van der Waals surface area (Å²) in [6.07, 6.45) is 0. The van der Waals surface area contributed by atoms with Crippen molar-refractivity contribution < 1.29 is 4.92 Å². The van der Waals surface area contributed by atoms with Crippen molar-refractivity contribution in [1.82, 2.24) is 9.78 Å². The predicted molar refractivity (Wildman–Crippen MR) is 71.7 cm³/mol. The van der Waals surface area contributed by atoms with Gasteiger partial charge < -0.3 is 5.32 Å². The third kappa shape index (κ3) is 2.35. The largest absolute Gasteiger partial charge is 0.368 e. The highest BCUT2D eigenvalue weighted by Crippen LogP contribution is 2.32. The second kappa shape index (κ2) is 5.18. The van der Waals surface area contributed by atoms with Gasteiger partial charge in [-0.1, -0.05) is 30.3 Å². The Hall–Kier alpha value is -1.89. The molecule has 1 heterocycles. The van der Waals surface area contributed by atoms with E-state index < -0.39 is 4.92 Å². The van der Waals surface area contributed by atoms with Gasteiger partial charge in [-0.3, -0.25) is 10.1 Å². The molecule has 0 amide bonds. The molecule has 0 bridgehead atoms. The minimum absolute atomic E-state index is 0.0477. The molecule has 0 aliphatic rings. The number of hydrogen-bond acceptors (Lipinski definition) is 4. The van der Waals surface area contributed by atoms with Gasteiger partial charge in [0.1, 0.15) is 0 Å². The Kier molecular flexibility index (Phi) is 3.61. The van der Waals surface area contributed by atoms with Crippen molar-refractivity contribution in [3.63, 3.8) is 0 Å². The number of benzene rings is 1. The third-order valence-corrected chi connectivity index (χ3v) is 3.02. The first-order chi connectivity index (χ1) is 8.63. The molecular weight excluding hydrogens is 300 g/mol. The molecule has 0 atom stereocenters. The molecule has 1 aromatic heterocycles. The van der Waals surface area contributed by atoms with Gasteiger partial charge in [-0.05, 0) is 21.5 Å². The summed E-state index contributed by atoms with van der Waals surface area (Å²) in [5, 5.41) is 17.9. The maximum atomic E-state index is 10.9. The minimum Gasteiger partial charge on any atom is -0.368 e. The number of aromatic nitrogens is 2. The summed E-state index contributed by atoms with van der Waals surface area (Å²) in [6, 6.07) is 9.65. The number of nitrogens with zero attached hydrogens (tertiary/aromatic N) is 3.